The Hall–Kier alpha value is -3.15. The molecule has 1 amide bonds. The van der Waals surface area contributed by atoms with Crippen LogP contribution in [0.3, 0.4) is 0 Å². The van der Waals surface area contributed by atoms with Crippen molar-refractivity contribution < 1.29 is 22.7 Å². The molecule has 0 spiro atoms. The van der Waals surface area contributed by atoms with Crippen molar-refractivity contribution in [3.05, 3.63) is 64.7 Å². The van der Waals surface area contributed by atoms with Gasteiger partial charge in [0.05, 0.1) is 10.6 Å². The molecule has 1 saturated heterocycles. The highest BCUT2D eigenvalue weighted by atomic mass is 32.2. The number of rotatable bonds is 8. The first-order valence-corrected chi connectivity index (χ1v) is 14.1. The summed E-state index contributed by atoms with van der Waals surface area (Å²) in [5.41, 5.74) is 2.86. The predicted molar refractivity (Wildman–Crippen MR) is 137 cm³/mol. The smallest absolute Gasteiger partial charge is 0.263 e. The number of ether oxygens (including phenoxy) is 2. The highest BCUT2D eigenvalue weighted by molar-refractivity contribution is 7.93. The number of thiazole rings is 1. The van der Waals surface area contributed by atoms with Gasteiger partial charge in [-0.25, -0.2) is 13.4 Å². The number of hydrogen-bond donors (Lipinski definition) is 1. The minimum absolute atomic E-state index is 0.0903. The predicted octanol–water partition coefficient (Wildman–Crippen LogP) is 3.26. The minimum atomic E-state index is -3.69. The van der Waals surface area contributed by atoms with Crippen molar-refractivity contribution in [2.24, 2.45) is 0 Å². The summed E-state index contributed by atoms with van der Waals surface area (Å²) < 4.78 is 38.5. The number of carbonyl (C=O) groups excluding carboxylic acids is 1. The molecule has 1 aromatic heterocycles. The summed E-state index contributed by atoms with van der Waals surface area (Å²) >= 11 is 1.22. The second kappa shape index (κ2) is 10.5. The van der Waals surface area contributed by atoms with Gasteiger partial charge in [-0.05, 0) is 43.2 Å². The van der Waals surface area contributed by atoms with Crippen molar-refractivity contribution in [3.63, 3.8) is 0 Å². The lowest BCUT2D eigenvalue weighted by Gasteiger charge is -2.34. The van der Waals surface area contributed by atoms with Gasteiger partial charge in [-0.3, -0.25) is 14.4 Å². The Labute approximate surface area is 214 Å². The number of nitrogens with one attached hydrogen (secondary N) is 1. The molecule has 2 aliphatic rings. The Bertz CT molecular complexity index is 1330. The summed E-state index contributed by atoms with van der Waals surface area (Å²) in [6.45, 7) is 5.95. The summed E-state index contributed by atoms with van der Waals surface area (Å²) in [7, 11) is -3.69. The molecular weight excluding hydrogens is 500 g/mol. The van der Waals surface area contributed by atoms with Crippen LogP contribution in [0.15, 0.2) is 52.7 Å². The standard InChI is InChI=1S/C25H28N4O5S2/c1-18-2-6-21(7-3-18)36(31,32)27-25-26-20(16-35-25)5-9-24(30)29-12-10-28(11-13-29)15-19-4-8-22-23(14-19)34-17-33-22/h2-4,6-8,14,16H,5,9-13,15,17H2,1H3,(H,26,27). The molecule has 1 N–H and O–H groups in total. The van der Waals surface area contributed by atoms with E-state index in [1.165, 1.54) is 11.3 Å². The van der Waals surface area contributed by atoms with Gasteiger partial charge in [0.25, 0.3) is 10.0 Å². The number of nitrogens with zero attached hydrogens (tertiary/aromatic N) is 3. The molecular formula is C25H28N4O5S2. The van der Waals surface area contributed by atoms with Crippen LogP contribution in [0.5, 0.6) is 11.5 Å². The van der Waals surface area contributed by atoms with Crippen molar-refractivity contribution >= 4 is 32.4 Å². The molecule has 0 saturated carbocycles. The van der Waals surface area contributed by atoms with Gasteiger partial charge in [-0.1, -0.05) is 23.8 Å². The summed E-state index contributed by atoms with van der Waals surface area (Å²) in [5.74, 6) is 1.66. The summed E-state index contributed by atoms with van der Waals surface area (Å²) in [5, 5.41) is 2.10. The maximum absolute atomic E-state index is 12.8. The van der Waals surface area contributed by atoms with Crippen molar-refractivity contribution in [2.75, 3.05) is 37.7 Å². The fourth-order valence-electron chi connectivity index (χ4n) is 4.21. The number of aromatic nitrogens is 1. The Morgan fingerprint density at radius 3 is 2.58 bits per heavy atom. The Kier molecular flexibility index (Phi) is 7.13. The van der Waals surface area contributed by atoms with E-state index in [9.17, 15) is 13.2 Å². The molecule has 3 aromatic rings. The van der Waals surface area contributed by atoms with Crippen LogP contribution in [0.2, 0.25) is 0 Å². The molecule has 190 valence electrons. The minimum Gasteiger partial charge on any atom is -0.454 e. The zero-order chi connectivity index (χ0) is 25.1. The van der Waals surface area contributed by atoms with E-state index < -0.39 is 10.0 Å². The van der Waals surface area contributed by atoms with Gasteiger partial charge in [0.2, 0.25) is 12.7 Å². The summed E-state index contributed by atoms with van der Waals surface area (Å²) in [6, 6.07) is 12.7. The number of aryl methyl sites for hydroxylation is 2. The lowest BCUT2D eigenvalue weighted by atomic mass is 10.1. The number of amides is 1. The van der Waals surface area contributed by atoms with Crippen molar-refractivity contribution in [1.82, 2.24) is 14.8 Å². The maximum Gasteiger partial charge on any atom is 0.263 e. The second-order valence-corrected chi connectivity index (χ2v) is 11.4. The molecule has 36 heavy (non-hydrogen) atoms. The van der Waals surface area contributed by atoms with Crippen LogP contribution in [0.25, 0.3) is 0 Å². The van der Waals surface area contributed by atoms with Gasteiger partial charge >= 0.3 is 0 Å². The van der Waals surface area contributed by atoms with Crippen molar-refractivity contribution in [2.45, 2.75) is 31.2 Å². The van der Waals surface area contributed by atoms with E-state index in [0.717, 1.165) is 42.3 Å². The molecule has 2 aliphatic heterocycles. The van der Waals surface area contributed by atoms with Crippen LogP contribution >= 0.6 is 11.3 Å². The van der Waals surface area contributed by atoms with E-state index >= 15 is 0 Å². The molecule has 0 bridgehead atoms. The monoisotopic (exact) mass is 528 g/mol. The number of carbonyl (C=O) groups is 1. The molecule has 2 aromatic carbocycles. The van der Waals surface area contributed by atoms with Crippen LogP contribution < -0.4 is 14.2 Å². The highest BCUT2D eigenvalue weighted by Crippen LogP contribution is 2.33. The molecule has 0 unspecified atom stereocenters. The van der Waals surface area contributed by atoms with Gasteiger partial charge in [0, 0.05) is 44.5 Å². The first kappa shape index (κ1) is 24.5. The second-order valence-electron chi connectivity index (χ2n) is 8.91. The van der Waals surface area contributed by atoms with Crippen LogP contribution in [0.1, 0.15) is 23.2 Å². The highest BCUT2D eigenvalue weighted by Gasteiger charge is 2.22. The van der Waals surface area contributed by atoms with Crippen LogP contribution in [-0.2, 0) is 27.8 Å². The topological polar surface area (TPSA) is 101 Å². The number of fused-ring (bicyclic) bond motifs is 1. The first-order chi connectivity index (χ1) is 17.4. The molecule has 11 heteroatoms. The number of piperazine rings is 1. The number of benzene rings is 2. The van der Waals surface area contributed by atoms with Gasteiger partial charge < -0.3 is 14.4 Å². The average Bonchev–Trinajstić information content (AvgIpc) is 3.52. The lowest BCUT2D eigenvalue weighted by molar-refractivity contribution is -0.133. The third-order valence-corrected chi connectivity index (χ3v) is 8.56. The Morgan fingerprint density at radius 2 is 1.81 bits per heavy atom. The molecule has 0 aliphatic carbocycles. The Morgan fingerprint density at radius 1 is 1.06 bits per heavy atom. The number of anilines is 1. The van der Waals surface area contributed by atoms with E-state index in [4.69, 9.17) is 9.47 Å². The quantitative estimate of drug-likeness (QED) is 0.479. The zero-order valence-electron chi connectivity index (χ0n) is 20.0. The van der Waals surface area contributed by atoms with Gasteiger partial charge in [0.1, 0.15) is 0 Å². The van der Waals surface area contributed by atoms with Crippen LogP contribution in [-0.4, -0.2) is 62.1 Å². The number of hydrogen-bond acceptors (Lipinski definition) is 8. The summed E-state index contributed by atoms with van der Waals surface area (Å²) in [6.07, 6.45) is 0.815. The molecule has 0 atom stereocenters. The first-order valence-electron chi connectivity index (χ1n) is 11.8. The van der Waals surface area contributed by atoms with Gasteiger partial charge in [0.15, 0.2) is 16.6 Å². The number of sulfonamides is 1. The Balaban J connectivity index is 1.07. The van der Waals surface area contributed by atoms with Crippen molar-refractivity contribution in [1.29, 1.82) is 0 Å². The maximum atomic E-state index is 12.8. The zero-order valence-corrected chi connectivity index (χ0v) is 21.6. The molecule has 1 fully saturated rings. The largest absolute Gasteiger partial charge is 0.454 e. The fourth-order valence-corrected chi connectivity index (χ4v) is 6.20. The van der Waals surface area contributed by atoms with E-state index in [-0.39, 0.29) is 17.6 Å². The van der Waals surface area contributed by atoms with Crippen molar-refractivity contribution in [3.8, 4) is 11.5 Å². The third kappa shape index (κ3) is 5.80. The van der Waals surface area contributed by atoms with Gasteiger partial charge in [-0.2, -0.15) is 0 Å². The van der Waals surface area contributed by atoms with Crippen LogP contribution in [0.4, 0.5) is 5.13 Å². The third-order valence-electron chi connectivity index (χ3n) is 6.27. The van der Waals surface area contributed by atoms with E-state index in [1.807, 2.05) is 30.0 Å². The molecule has 9 nitrogen and oxygen atoms in total. The fraction of sp³-hybridized carbons (Fsp3) is 0.360. The van der Waals surface area contributed by atoms with E-state index in [1.54, 1.807) is 29.6 Å². The summed E-state index contributed by atoms with van der Waals surface area (Å²) in [4.78, 5) is 21.5. The molecule has 5 rings (SSSR count). The average molecular weight is 529 g/mol. The van der Waals surface area contributed by atoms with Gasteiger partial charge in [-0.15, -0.1) is 11.3 Å². The van der Waals surface area contributed by atoms with E-state index in [2.05, 4.69) is 14.6 Å². The van der Waals surface area contributed by atoms with Crippen LogP contribution in [0, 0.1) is 6.92 Å². The normalized spacial score (nSPS) is 15.8. The lowest BCUT2D eigenvalue weighted by Crippen LogP contribution is -2.48. The molecule has 3 heterocycles. The van der Waals surface area contributed by atoms with E-state index in [0.29, 0.717) is 36.8 Å². The SMILES string of the molecule is Cc1ccc(S(=O)(=O)Nc2nc(CCC(=O)N3CCN(Cc4ccc5c(c4)OCO5)CC3)cs2)cc1. The molecule has 0 radical (unpaired) electrons.